The van der Waals surface area contributed by atoms with Crippen molar-refractivity contribution in [1.82, 2.24) is 4.98 Å². The summed E-state index contributed by atoms with van der Waals surface area (Å²) in [5.74, 6) is 0.352. The lowest BCUT2D eigenvalue weighted by Gasteiger charge is -1.99. The van der Waals surface area contributed by atoms with Gasteiger partial charge >= 0.3 is 0 Å². The average molecular weight is 192 g/mol. The van der Waals surface area contributed by atoms with Crippen molar-refractivity contribution in [3.63, 3.8) is 0 Å². The summed E-state index contributed by atoms with van der Waals surface area (Å²) in [6.45, 7) is 3.30. The van der Waals surface area contributed by atoms with Crippen molar-refractivity contribution in [2.45, 2.75) is 13.8 Å². The molecular weight excluding hydrogens is 184 g/mol. The molecule has 0 fully saturated rings. The number of carbonyl (C=O) groups is 1. The lowest BCUT2D eigenvalue weighted by molar-refractivity contribution is 0.101. The molecule has 3 nitrogen and oxygen atoms in total. The predicted molar refractivity (Wildman–Crippen MR) is 53.7 cm³/mol. The molecule has 0 radical (unpaired) electrons. The minimum absolute atomic E-state index is 0.0704. The van der Waals surface area contributed by atoms with Gasteiger partial charge in [-0.1, -0.05) is 6.07 Å². The van der Waals surface area contributed by atoms with Crippen molar-refractivity contribution in [2.24, 2.45) is 4.99 Å². The van der Waals surface area contributed by atoms with Crippen LogP contribution in [0.3, 0.4) is 0 Å². The lowest BCUT2D eigenvalue weighted by atomic mass is 10.1. The molecule has 13 heavy (non-hydrogen) atoms. The van der Waals surface area contributed by atoms with Gasteiger partial charge in [-0.05, 0) is 30.8 Å². The number of nitrogens with zero attached hydrogens (tertiary/aromatic N) is 2. The Labute approximate surface area is 81.5 Å². The minimum atomic E-state index is -0.0704. The predicted octanol–water partition coefficient (Wildman–Crippen LogP) is 2.33. The zero-order chi connectivity index (χ0) is 9.84. The zero-order valence-electron chi connectivity index (χ0n) is 7.37. The van der Waals surface area contributed by atoms with Gasteiger partial charge in [0, 0.05) is 6.92 Å². The molecule has 0 atom stereocenters. The molecule has 0 spiro atoms. The van der Waals surface area contributed by atoms with E-state index in [1.165, 1.54) is 6.92 Å². The monoisotopic (exact) mass is 192 g/mol. The van der Waals surface area contributed by atoms with E-state index >= 15 is 0 Å². The molecule has 1 aromatic heterocycles. The first-order valence-electron chi connectivity index (χ1n) is 3.71. The quantitative estimate of drug-likeness (QED) is 0.410. The summed E-state index contributed by atoms with van der Waals surface area (Å²) in [6, 6.07) is 3.48. The highest BCUT2D eigenvalue weighted by Gasteiger charge is 2.05. The third-order valence-electron chi connectivity index (χ3n) is 1.58. The number of hydrogen-bond acceptors (Lipinski definition) is 4. The summed E-state index contributed by atoms with van der Waals surface area (Å²) in [7, 11) is 0. The number of aryl methyl sites for hydroxylation is 1. The number of Topliss-reactive ketones (excluding diaryl/α,β-unsaturated/α-hetero) is 1. The zero-order valence-corrected chi connectivity index (χ0v) is 8.18. The van der Waals surface area contributed by atoms with E-state index in [1.54, 1.807) is 12.1 Å². The second-order valence-electron chi connectivity index (χ2n) is 2.59. The number of aliphatic imine (C=N–C) groups is 1. The van der Waals surface area contributed by atoms with E-state index in [4.69, 9.17) is 0 Å². The maximum atomic E-state index is 11.1. The molecule has 4 heteroatoms. The van der Waals surface area contributed by atoms with E-state index in [2.05, 4.69) is 27.4 Å². The number of isothiocyanates is 1. The van der Waals surface area contributed by atoms with Gasteiger partial charge in [0.05, 0.1) is 5.16 Å². The number of ketones is 1. The largest absolute Gasteiger partial charge is 0.293 e. The summed E-state index contributed by atoms with van der Waals surface area (Å²) >= 11 is 4.43. The van der Waals surface area contributed by atoms with Crippen LogP contribution in [-0.4, -0.2) is 15.9 Å². The first kappa shape index (κ1) is 9.71. The van der Waals surface area contributed by atoms with Crippen LogP contribution in [0.25, 0.3) is 0 Å². The number of aromatic nitrogens is 1. The molecule has 0 saturated carbocycles. The van der Waals surface area contributed by atoms with Gasteiger partial charge in [-0.25, -0.2) is 4.98 Å². The smallest absolute Gasteiger partial charge is 0.178 e. The molecule has 1 aromatic rings. The van der Waals surface area contributed by atoms with Gasteiger partial charge in [-0.3, -0.25) is 4.79 Å². The first-order valence-corrected chi connectivity index (χ1v) is 4.12. The molecule has 1 heterocycles. The Morgan fingerprint density at radius 1 is 1.62 bits per heavy atom. The van der Waals surface area contributed by atoms with Crippen LogP contribution < -0.4 is 0 Å². The highest BCUT2D eigenvalue weighted by molar-refractivity contribution is 7.78. The van der Waals surface area contributed by atoms with E-state index in [-0.39, 0.29) is 5.78 Å². The SMILES string of the molecule is CC(=O)c1nc(N=C=S)ccc1C. The normalized spacial score (nSPS) is 9.08. The molecule has 1 rings (SSSR count). The van der Waals surface area contributed by atoms with E-state index in [9.17, 15) is 4.79 Å². The number of pyridine rings is 1. The van der Waals surface area contributed by atoms with Crippen molar-refractivity contribution < 1.29 is 4.79 Å². The van der Waals surface area contributed by atoms with E-state index in [0.29, 0.717) is 11.5 Å². The van der Waals surface area contributed by atoms with Crippen LogP contribution in [0.15, 0.2) is 17.1 Å². The summed E-state index contributed by atoms with van der Waals surface area (Å²) in [5.41, 5.74) is 1.28. The summed E-state index contributed by atoms with van der Waals surface area (Å²) in [5, 5.41) is 2.20. The number of rotatable bonds is 2. The van der Waals surface area contributed by atoms with Crippen LogP contribution in [0.2, 0.25) is 0 Å². The van der Waals surface area contributed by atoms with Crippen molar-refractivity contribution in [1.29, 1.82) is 0 Å². The summed E-state index contributed by atoms with van der Waals surface area (Å²) in [4.78, 5) is 18.8. The minimum Gasteiger partial charge on any atom is -0.293 e. The van der Waals surface area contributed by atoms with E-state index in [1.807, 2.05) is 6.92 Å². The summed E-state index contributed by atoms with van der Waals surface area (Å²) < 4.78 is 0. The Hall–Kier alpha value is -1.38. The molecule has 0 unspecified atom stereocenters. The Kier molecular flexibility index (Phi) is 3.01. The van der Waals surface area contributed by atoms with Crippen LogP contribution >= 0.6 is 12.2 Å². The molecule has 0 amide bonds. The number of carbonyl (C=O) groups excluding carboxylic acids is 1. The summed E-state index contributed by atoms with van der Waals surface area (Å²) in [6.07, 6.45) is 0. The van der Waals surface area contributed by atoms with Gasteiger partial charge in [0.25, 0.3) is 0 Å². The standard InChI is InChI=1S/C9H8N2OS/c1-6-3-4-8(10-5-13)11-9(6)7(2)12/h3-4H,1-2H3. The second-order valence-corrected chi connectivity index (χ2v) is 2.78. The Morgan fingerprint density at radius 3 is 2.85 bits per heavy atom. The van der Waals surface area contributed by atoms with Gasteiger partial charge in [0.2, 0.25) is 0 Å². The van der Waals surface area contributed by atoms with Crippen molar-refractivity contribution in [3.8, 4) is 0 Å². The van der Waals surface area contributed by atoms with Gasteiger partial charge < -0.3 is 0 Å². The van der Waals surface area contributed by atoms with Gasteiger partial charge in [-0.15, -0.1) is 0 Å². The van der Waals surface area contributed by atoms with Crippen LogP contribution in [0, 0.1) is 6.92 Å². The van der Waals surface area contributed by atoms with Crippen LogP contribution in [0.5, 0.6) is 0 Å². The van der Waals surface area contributed by atoms with E-state index < -0.39 is 0 Å². The van der Waals surface area contributed by atoms with Crippen molar-refractivity contribution in [3.05, 3.63) is 23.4 Å². The van der Waals surface area contributed by atoms with Crippen LogP contribution in [0.1, 0.15) is 23.0 Å². The molecule has 0 aromatic carbocycles. The maximum Gasteiger partial charge on any atom is 0.178 e. The average Bonchev–Trinajstić information content (AvgIpc) is 2.08. The van der Waals surface area contributed by atoms with Gasteiger partial charge in [0.1, 0.15) is 5.69 Å². The van der Waals surface area contributed by atoms with Crippen molar-refractivity contribution in [2.75, 3.05) is 0 Å². The third-order valence-corrected chi connectivity index (χ3v) is 1.67. The molecule has 0 aliphatic rings. The lowest BCUT2D eigenvalue weighted by Crippen LogP contribution is -1.99. The highest BCUT2D eigenvalue weighted by atomic mass is 32.1. The Bertz CT molecular complexity index is 395. The van der Waals surface area contributed by atoms with Crippen LogP contribution in [-0.2, 0) is 0 Å². The fraction of sp³-hybridized carbons (Fsp3) is 0.222. The van der Waals surface area contributed by atoms with Gasteiger partial charge in [-0.2, -0.15) is 4.99 Å². The molecular formula is C9H8N2OS. The Morgan fingerprint density at radius 2 is 2.31 bits per heavy atom. The van der Waals surface area contributed by atoms with Crippen molar-refractivity contribution >= 4 is 29.0 Å². The van der Waals surface area contributed by atoms with Gasteiger partial charge in [0.15, 0.2) is 11.6 Å². The Balaban J connectivity index is 3.26. The molecule has 66 valence electrons. The number of thiocarbonyl (C=S) groups is 1. The molecule has 0 saturated heterocycles. The number of hydrogen-bond donors (Lipinski definition) is 0. The van der Waals surface area contributed by atoms with Crippen LogP contribution in [0.4, 0.5) is 5.82 Å². The fourth-order valence-corrected chi connectivity index (χ4v) is 1.08. The third kappa shape index (κ3) is 2.28. The molecule has 0 bridgehead atoms. The molecule has 0 N–H and O–H groups in total. The second kappa shape index (κ2) is 4.03. The fourth-order valence-electron chi connectivity index (χ4n) is 0.984. The topological polar surface area (TPSA) is 42.3 Å². The molecule has 0 aliphatic carbocycles. The molecule has 0 aliphatic heterocycles. The maximum absolute atomic E-state index is 11.1. The first-order chi connectivity index (χ1) is 6.15. The highest BCUT2D eigenvalue weighted by Crippen LogP contribution is 2.12. The van der Waals surface area contributed by atoms with E-state index in [0.717, 1.165) is 5.56 Å².